The largest absolute Gasteiger partial charge is 0.352 e. The number of benzene rings is 2. The molecule has 1 aromatic heterocycles. The first-order chi connectivity index (χ1) is 21.3. The molecule has 0 unspecified atom stereocenters. The molecule has 3 aromatic rings. The van der Waals surface area contributed by atoms with Crippen molar-refractivity contribution in [3.05, 3.63) is 99.8 Å². The van der Waals surface area contributed by atoms with Gasteiger partial charge in [-0.1, -0.05) is 81.6 Å². The summed E-state index contributed by atoms with van der Waals surface area (Å²) in [6.45, 7) is 10.8. The normalized spacial score (nSPS) is 14.1. The number of halogens is 1. The number of amides is 2. The Morgan fingerprint density at radius 1 is 0.977 bits per heavy atom. The molecule has 0 bridgehead atoms. The van der Waals surface area contributed by atoms with E-state index in [-0.39, 0.29) is 17.9 Å². The van der Waals surface area contributed by atoms with Crippen LogP contribution in [-0.2, 0) is 19.4 Å². The van der Waals surface area contributed by atoms with E-state index in [0.29, 0.717) is 41.7 Å². The number of unbranched alkanes of at least 4 members (excludes halogenated alkanes) is 2. The maximum Gasteiger partial charge on any atom is 0.272 e. The van der Waals surface area contributed by atoms with E-state index >= 15 is 0 Å². The second-order valence-corrected chi connectivity index (χ2v) is 12.9. The Morgan fingerprint density at radius 2 is 1.70 bits per heavy atom. The fourth-order valence-electron chi connectivity index (χ4n) is 5.76. The van der Waals surface area contributed by atoms with Crippen molar-refractivity contribution in [2.45, 2.75) is 84.7 Å². The Labute approximate surface area is 269 Å². The van der Waals surface area contributed by atoms with Gasteiger partial charge in [-0.3, -0.25) is 14.6 Å². The molecule has 1 aliphatic heterocycles. The van der Waals surface area contributed by atoms with Gasteiger partial charge < -0.3 is 15.1 Å². The number of likely N-dealkylation sites (tertiary alicyclic amines) is 1. The van der Waals surface area contributed by atoms with E-state index in [4.69, 9.17) is 11.6 Å². The number of nitrogens with zero attached hydrogens (tertiary/aromatic N) is 3. The fraction of sp³-hybridized carbons (Fsp3) is 0.486. The van der Waals surface area contributed by atoms with E-state index in [0.717, 1.165) is 56.4 Å². The molecule has 44 heavy (non-hydrogen) atoms. The molecule has 0 aliphatic carbocycles. The first-order valence-corrected chi connectivity index (χ1v) is 16.8. The Bertz CT molecular complexity index is 1320. The van der Waals surface area contributed by atoms with Crippen LogP contribution in [0, 0.1) is 5.92 Å². The third-order valence-electron chi connectivity index (χ3n) is 8.60. The lowest BCUT2D eigenvalue weighted by molar-refractivity contribution is 0.0540. The predicted molar refractivity (Wildman–Crippen MR) is 180 cm³/mol. The molecule has 236 valence electrons. The van der Waals surface area contributed by atoms with E-state index in [2.05, 4.69) is 42.0 Å². The molecule has 0 radical (unpaired) electrons. The first-order valence-electron chi connectivity index (χ1n) is 16.4. The third-order valence-corrected chi connectivity index (χ3v) is 8.97. The maximum absolute atomic E-state index is 13.9. The highest BCUT2D eigenvalue weighted by molar-refractivity contribution is 6.31. The van der Waals surface area contributed by atoms with Crippen molar-refractivity contribution < 1.29 is 9.59 Å². The molecule has 1 fully saturated rings. The molecule has 0 spiro atoms. The number of hydrogen-bond donors (Lipinski definition) is 1. The SMILES string of the molecule is CCCCCc1ccc(C(=O)N(Cc2ccc(C(=O)NCCc3ccccc3Cl)cc2)C2CCN(CCC(C)C)CC2)nc1. The lowest BCUT2D eigenvalue weighted by atomic mass is 10.00. The predicted octanol–water partition coefficient (Wildman–Crippen LogP) is 7.59. The molecule has 1 aliphatic rings. The summed E-state index contributed by atoms with van der Waals surface area (Å²) in [4.78, 5) is 35.9. The van der Waals surface area contributed by atoms with Gasteiger partial charge in [0.25, 0.3) is 11.8 Å². The Morgan fingerprint density at radius 3 is 2.36 bits per heavy atom. The van der Waals surface area contributed by atoms with E-state index in [1.807, 2.05) is 65.7 Å². The zero-order chi connectivity index (χ0) is 31.3. The van der Waals surface area contributed by atoms with Gasteiger partial charge in [0.05, 0.1) is 0 Å². The molecule has 0 atom stereocenters. The molecular formula is C37H49ClN4O2. The highest BCUT2D eigenvalue weighted by Crippen LogP contribution is 2.23. The number of hydrogen-bond acceptors (Lipinski definition) is 4. The van der Waals surface area contributed by atoms with Gasteiger partial charge in [0.2, 0.25) is 0 Å². The molecular weight excluding hydrogens is 568 g/mol. The Hall–Kier alpha value is -3.22. The van der Waals surface area contributed by atoms with Gasteiger partial charge >= 0.3 is 0 Å². The Kier molecular flexibility index (Phi) is 13.2. The number of carbonyl (C=O) groups excluding carboxylic acids is 2. The summed E-state index contributed by atoms with van der Waals surface area (Å²) in [5, 5.41) is 3.71. The van der Waals surface area contributed by atoms with Gasteiger partial charge in [0.1, 0.15) is 5.69 Å². The highest BCUT2D eigenvalue weighted by Gasteiger charge is 2.29. The summed E-state index contributed by atoms with van der Waals surface area (Å²) >= 11 is 6.25. The molecule has 1 saturated heterocycles. The third kappa shape index (κ3) is 10.2. The molecule has 2 heterocycles. The molecule has 7 heteroatoms. The van der Waals surface area contributed by atoms with Gasteiger partial charge in [-0.05, 0) is 91.9 Å². The minimum atomic E-state index is -0.117. The minimum absolute atomic E-state index is 0.0212. The topological polar surface area (TPSA) is 65.5 Å². The highest BCUT2D eigenvalue weighted by atomic mass is 35.5. The summed E-state index contributed by atoms with van der Waals surface area (Å²) in [6.07, 6.45) is 10.2. The number of piperidine rings is 1. The van der Waals surface area contributed by atoms with Crippen LogP contribution in [0.5, 0.6) is 0 Å². The molecule has 2 amide bonds. The maximum atomic E-state index is 13.9. The summed E-state index contributed by atoms with van der Waals surface area (Å²) in [6, 6.07) is 19.4. The van der Waals surface area contributed by atoms with Crippen LogP contribution >= 0.6 is 11.6 Å². The second kappa shape index (κ2) is 17.3. The number of carbonyl (C=O) groups is 2. The van der Waals surface area contributed by atoms with E-state index < -0.39 is 0 Å². The zero-order valence-corrected chi connectivity index (χ0v) is 27.5. The monoisotopic (exact) mass is 616 g/mol. The number of pyridine rings is 1. The summed E-state index contributed by atoms with van der Waals surface area (Å²) in [5.41, 5.74) is 4.30. The second-order valence-electron chi connectivity index (χ2n) is 12.5. The van der Waals surface area contributed by atoms with Crippen molar-refractivity contribution in [2.75, 3.05) is 26.2 Å². The first kappa shape index (κ1) is 33.7. The van der Waals surface area contributed by atoms with Gasteiger partial charge in [0.15, 0.2) is 0 Å². The van der Waals surface area contributed by atoms with Crippen molar-refractivity contribution >= 4 is 23.4 Å². The molecule has 6 nitrogen and oxygen atoms in total. The summed E-state index contributed by atoms with van der Waals surface area (Å²) in [7, 11) is 0. The van der Waals surface area contributed by atoms with Crippen molar-refractivity contribution in [2.24, 2.45) is 5.92 Å². The molecule has 0 saturated carbocycles. The number of aryl methyl sites for hydroxylation is 1. The van der Waals surface area contributed by atoms with Crippen LogP contribution in [-0.4, -0.2) is 58.8 Å². The number of rotatable bonds is 15. The molecule has 2 aromatic carbocycles. The molecule has 4 rings (SSSR count). The Balaban J connectivity index is 1.41. The standard InChI is InChI=1S/C37H49ClN4O2/c1-4-5-6-9-29-14-17-35(40-26-29)37(44)42(33-20-24-41(25-21-33)23-19-28(2)3)27-30-12-15-32(16-13-30)36(43)39-22-18-31-10-7-8-11-34(31)38/h7-8,10-17,26,28,33H,4-6,9,18-25,27H2,1-3H3,(H,39,43). The summed E-state index contributed by atoms with van der Waals surface area (Å²) < 4.78 is 0. The summed E-state index contributed by atoms with van der Waals surface area (Å²) in [5.74, 6) is 0.551. The van der Waals surface area contributed by atoms with Crippen LogP contribution in [0.3, 0.4) is 0 Å². The van der Waals surface area contributed by atoms with Crippen LogP contribution in [0.1, 0.15) is 96.8 Å². The number of aromatic nitrogens is 1. The van der Waals surface area contributed by atoms with Crippen molar-refractivity contribution in [3.8, 4) is 0 Å². The average Bonchev–Trinajstić information content (AvgIpc) is 3.04. The van der Waals surface area contributed by atoms with Crippen LogP contribution in [0.4, 0.5) is 0 Å². The molecule has 1 N–H and O–H groups in total. The van der Waals surface area contributed by atoms with Gasteiger partial charge in [-0.15, -0.1) is 0 Å². The zero-order valence-electron chi connectivity index (χ0n) is 26.7. The van der Waals surface area contributed by atoms with Crippen LogP contribution in [0.15, 0.2) is 66.9 Å². The van der Waals surface area contributed by atoms with Crippen molar-refractivity contribution in [3.63, 3.8) is 0 Å². The minimum Gasteiger partial charge on any atom is -0.352 e. The smallest absolute Gasteiger partial charge is 0.272 e. The van der Waals surface area contributed by atoms with Gasteiger partial charge in [-0.25, -0.2) is 0 Å². The van der Waals surface area contributed by atoms with Crippen molar-refractivity contribution in [1.82, 2.24) is 20.1 Å². The van der Waals surface area contributed by atoms with Crippen molar-refractivity contribution in [1.29, 1.82) is 0 Å². The van der Waals surface area contributed by atoms with Crippen LogP contribution in [0.25, 0.3) is 0 Å². The fourth-order valence-corrected chi connectivity index (χ4v) is 5.99. The quantitative estimate of drug-likeness (QED) is 0.179. The lowest BCUT2D eigenvalue weighted by Crippen LogP contribution is -2.47. The van der Waals surface area contributed by atoms with E-state index in [1.165, 1.54) is 24.8 Å². The van der Waals surface area contributed by atoms with E-state index in [1.54, 1.807) is 0 Å². The van der Waals surface area contributed by atoms with Crippen LogP contribution in [0.2, 0.25) is 5.02 Å². The number of nitrogens with one attached hydrogen (secondary N) is 1. The van der Waals surface area contributed by atoms with Gasteiger partial charge in [0, 0.05) is 49.0 Å². The van der Waals surface area contributed by atoms with Gasteiger partial charge in [-0.2, -0.15) is 0 Å². The average molecular weight is 617 g/mol. The lowest BCUT2D eigenvalue weighted by Gasteiger charge is -2.38. The van der Waals surface area contributed by atoms with E-state index in [9.17, 15) is 9.59 Å². The van der Waals surface area contributed by atoms with Crippen LogP contribution < -0.4 is 5.32 Å².